The van der Waals surface area contributed by atoms with E-state index in [0.717, 1.165) is 13.1 Å². The van der Waals surface area contributed by atoms with Gasteiger partial charge in [0, 0.05) is 38.6 Å². The Morgan fingerprint density at radius 1 is 1.53 bits per heavy atom. The maximum Gasteiger partial charge on any atom is 0.293 e. The van der Waals surface area contributed by atoms with Gasteiger partial charge in [0.25, 0.3) is 5.56 Å². The van der Waals surface area contributed by atoms with Crippen molar-refractivity contribution < 1.29 is 0 Å². The molecule has 0 aliphatic heterocycles. The van der Waals surface area contributed by atoms with E-state index in [-0.39, 0.29) is 5.56 Å². The summed E-state index contributed by atoms with van der Waals surface area (Å²) in [6.45, 7) is 1.62. The molecule has 1 fully saturated rings. The number of anilines is 1. The minimum Gasteiger partial charge on any atom is -0.364 e. The summed E-state index contributed by atoms with van der Waals surface area (Å²) in [6.07, 6.45) is 5.84. The summed E-state index contributed by atoms with van der Waals surface area (Å²) in [4.78, 5) is 15.5. The van der Waals surface area contributed by atoms with Crippen LogP contribution in [0.15, 0.2) is 17.2 Å². The van der Waals surface area contributed by atoms with Gasteiger partial charge in [-0.25, -0.2) is 4.98 Å². The maximum atomic E-state index is 11.5. The van der Waals surface area contributed by atoms with Crippen molar-refractivity contribution >= 4 is 5.82 Å². The number of hydrogen-bond donors (Lipinski definition) is 2. The molecule has 0 unspecified atom stereocenters. The van der Waals surface area contributed by atoms with E-state index in [1.54, 1.807) is 19.4 Å². The average Bonchev–Trinajstić information content (AvgIpc) is 3.02. The monoisotopic (exact) mass is 208 g/mol. The lowest BCUT2D eigenvalue weighted by molar-refractivity contribution is 0.699. The van der Waals surface area contributed by atoms with Gasteiger partial charge in [-0.1, -0.05) is 0 Å². The zero-order valence-corrected chi connectivity index (χ0v) is 8.86. The molecular formula is C10H16N4O. The number of hydrogen-bond acceptors (Lipinski definition) is 4. The van der Waals surface area contributed by atoms with E-state index < -0.39 is 0 Å². The molecule has 0 atom stereocenters. The second-order valence-electron chi connectivity index (χ2n) is 3.85. The number of nitrogens with zero attached hydrogens (tertiary/aromatic N) is 2. The largest absolute Gasteiger partial charge is 0.364 e. The zero-order valence-electron chi connectivity index (χ0n) is 8.86. The fraction of sp³-hybridized carbons (Fsp3) is 0.600. The van der Waals surface area contributed by atoms with Gasteiger partial charge in [-0.05, 0) is 12.8 Å². The third-order valence-corrected chi connectivity index (χ3v) is 2.44. The summed E-state index contributed by atoms with van der Waals surface area (Å²) in [6, 6.07) is 0.707. The van der Waals surface area contributed by atoms with E-state index in [9.17, 15) is 4.79 Å². The van der Waals surface area contributed by atoms with Crippen LogP contribution < -0.4 is 16.2 Å². The van der Waals surface area contributed by atoms with Crippen molar-refractivity contribution in [2.45, 2.75) is 18.9 Å². The van der Waals surface area contributed by atoms with E-state index in [2.05, 4.69) is 15.6 Å². The highest BCUT2D eigenvalue weighted by atomic mass is 16.1. The smallest absolute Gasteiger partial charge is 0.293 e. The zero-order chi connectivity index (χ0) is 10.7. The van der Waals surface area contributed by atoms with Crippen molar-refractivity contribution in [1.29, 1.82) is 0 Å². The van der Waals surface area contributed by atoms with Crippen molar-refractivity contribution in [3.8, 4) is 0 Å². The van der Waals surface area contributed by atoms with Crippen LogP contribution in [0.3, 0.4) is 0 Å². The van der Waals surface area contributed by atoms with Crippen LogP contribution in [0, 0.1) is 0 Å². The maximum absolute atomic E-state index is 11.5. The fourth-order valence-corrected chi connectivity index (χ4v) is 1.36. The standard InChI is InChI=1S/C10H16N4O/c1-14-7-6-13-9(10(14)15)12-5-4-11-8-2-3-8/h6-8,11H,2-5H2,1H3,(H,12,13). The lowest BCUT2D eigenvalue weighted by Crippen LogP contribution is -2.28. The molecule has 1 aliphatic carbocycles. The first-order valence-electron chi connectivity index (χ1n) is 5.26. The Labute approximate surface area is 88.5 Å². The van der Waals surface area contributed by atoms with Gasteiger partial charge in [0.05, 0.1) is 0 Å². The third-order valence-electron chi connectivity index (χ3n) is 2.44. The molecule has 1 heterocycles. The number of nitrogens with one attached hydrogen (secondary N) is 2. The second-order valence-corrected chi connectivity index (χ2v) is 3.85. The summed E-state index contributed by atoms with van der Waals surface area (Å²) in [7, 11) is 1.72. The number of rotatable bonds is 5. The molecule has 0 bridgehead atoms. The van der Waals surface area contributed by atoms with Gasteiger partial charge in [0.2, 0.25) is 0 Å². The molecular weight excluding hydrogens is 192 g/mol. The Balaban J connectivity index is 1.81. The Morgan fingerprint density at radius 2 is 2.33 bits per heavy atom. The van der Waals surface area contributed by atoms with Crippen LogP contribution in [0.1, 0.15) is 12.8 Å². The average molecular weight is 208 g/mol. The van der Waals surface area contributed by atoms with E-state index in [1.165, 1.54) is 17.4 Å². The first-order chi connectivity index (χ1) is 7.27. The van der Waals surface area contributed by atoms with E-state index in [1.807, 2.05) is 0 Å². The third kappa shape index (κ3) is 2.79. The molecule has 0 aromatic carbocycles. The number of aromatic nitrogens is 2. The van der Waals surface area contributed by atoms with Crippen molar-refractivity contribution in [2.24, 2.45) is 7.05 Å². The van der Waals surface area contributed by atoms with Crippen LogP contribution >= 0.6 is 0 Å². The molecule has 82 valence electrons. The van der Waals surface area contributed by atoms with Gasteiger partial charge < -0.3 is 15.2 Å². The van der Waals surface area contributed by atoms with Crippen LogP contribution in [-0.4, -0.2) is 28.7 Å². The summed E-state index contributed by atoms with van der Waals surface area (Å²) in [5.41, 5.74) is -0.0797. The fourth-order valence-electron chi connectivity index (χ4n) is 1.36. The van der Waals surface area contributed by atoms with Crippen molar-refractivity contribution in [3.05, 3.63) is 22.7 Å². The molecule has 15 heavy (non-hydrogen) atoms. The second kappa shape index (κ2) is 4.44. The van der Waals surface area contributed by atoms with Gasteiger partial charge in [0.1, 0.15) is 0 Å². The molecule has 0 radical (unpaired) electrons. The highest BCUT2D eigenvalue weighted by molar-refractivity contribution is 5.30. The molecule has 5 heteroatoms. The molecule has 1 aromatic heterocycles. The predicted octanol–water partition coefficient (Wildman–Crippen LogP) is -0.0558. The SMILES string of the molecule is Cn1ccnc(NCCNC2CC2)c1=O. The first kappa shape index (κ1) is 10.2. The molecule has 0 saturated heterocycles. The summed E-state index contributed by atoms with van der Waals surface area (Å²) < 4.78 is 1.52. The molecule has 0 amide bonds. The van der Waals surface area contributed by atoms with Crippen molar-refractivity contribution in [3.63, 3.8) is 0 Å². The molecule has 5 nitrogen and oxygen atoms in total. The highest BCUT2D eigenvalue weighted by Crippen LogP contribution is 2.17. The quantitative estimate of drug-likeness (QED) is 0.666. The van der Waals surface area contributed by atoms with E-state index in [0.29, 0.717) is 11.9 Å². The Hall–Kier alpha value is -1.36. The van der Waals surface area contributed by atoms with Crippen LogP contribution in [0.2, 0.25) is 0 Å². The van der Waals surface area contributed by atoms with E-state index >= 15 is 0 Å². The Kier molecular flexibility index (Phi) is 3.01. The molecule has 2 rings (SSSR count). The first-order valence-corrected chi connectivity index (χ1v) is 5.26. The van der Waals surface area contributed by atoms with Crippen molar-refractivity contribution in [1.82, 2.24) is 14.9 Å². The lowest BCUT2D eigenvalue weighted by Gasteiger charge is -2.06. The summed E-state index contributed by atoms with van der Waals surface area (Å²) in [5.74, 6) is 0.428. The normalized spacial score (nSPS) is 15.3. The van der Waals surface area contributed by atoms with Gasteiger partial charge >= 0.3 is 0 Å². The molecule has 0 spiro atoms. The highest BCUT2D eigenvalue weighted by Gasteiger charge is 2.19. The van der Waals surface area contributed by atoms with Crippen LogP contribution in [0.4, 0.5) is 5.82 Å². The van der Waals surface area contributed by atoms with Crippen LogP contribution in [-0.2, 0) is 7.05 Å². The topological polar surface area (TPSA) is 59.0 Å². The van der Waals surface area contributed by atoms with Crippen molar-refractivity contribution in [2.75, 3.05) is 18.4 Å². The van der Waals surface area contributed by atoms with Gasteiger partial charge in [-0.3, -0.25) is 4.79 Å². The van der Waals surface area contributed by atoms with Crippen LogP contribution in [0.5, 0.6) is 0 Å². The molecule has 2 N–H and O–H groups in total. The van der Waals surface area contributed by atoms with Gasteiger partial charge in [-0.15, -0.1) is 0 Å². The van der Waals surface area contributed by atoms with Gasteiger partial charge in [-0.2, -0.15) is 0 Å². The Morgan fingerprint density at radius 3 is 3.07 bits per heavy atom. The lowest BCUT2D eigenvalue weighted by atomic mass is 10.5. The summed E-state index contributed by atoms with van der Waals surface area (Å²) in [5, 5.41) is 6.39. The minimum atomic E-state index is -0.0797. The number of aryl methyl sites for hydroxylation is 1. The van der Waals surface area contributed by atoms with Gasteiger partial charge in [0.15, 0.2) is 5.82 Å². The van der Waals surface area contributed by atoms with Crippen LogP contribution in [0.25, 0.3) is 0 Å². The Bertz CT molecular complexity index is 383. The summed E-state index contributed by atoms with van der Waals surface area (Å²) >= 11 is 0. The molecule has 1 saturated carbocycles. The molecule has 1 aliphatic rings. The predicted molar refractivity (Wildman–Crippen MR) is 59.0 cm³/mol. The molecule has 1 aromatic rings. The minimum absolute atomic E-state index is 0.0797. The van der Waals surface area contributed by atoms with E-state index in [4.69, 9.17) is 0 Å².